The lowest BCUT2D eigenvalue weighted by atomic mass is 10.2. The summed E-state index contributed by atoms with van der Waals surface area (Å²) < 4.78 is 0. The molecule has 0 fully saturated rings. The molecule has 0 atom stereocenters. The van der Waals surface area contributed by atoms with Crippen LogP contribution in [0.2, 0.25) is 5.02 Å². The summed E-state index contributed by atoms with van der Waals surface area (Å²) in [6, 6.07) is 4.94. The zero-order valence-electron chi connectivity index (χ0n) is 7.49. The molecule has 5 heteroatoms. The van der Waals surface area contributed by atoms with E-state index in [0.717, 1.165) is 5.56 Å². The fourth-order valence-corrected chi connectivity index (χ4v) is 1.15. The Labute approximate surface area is 86.0 Å². The van der Waals surface area contributed by atoms with Gasteiger partial charge in [-0.1, -0.05) is 11.6 Å². The Morgan fingerprint density at radius 1 is 1.57 bits per heavy atom. The summed E-state index contributed by atoms with van der Waals surface area (Å²) >= 11 is 5.72. The molecule has 4 nitrogen and oxygen atoms in total. The van der Waals surface area contributed by atoms with Gasteiger partial charge >= 0.3 is 5.97 Å². The van der Waals surface area contributed by atoms with Crippen LogP contribution in [-0.4, -0.2) is 16.9 Å². The van der Waals surface area contributed by atoms with Crippen LogP contribution in [0.1, 0.15) is 5.56 Å². The van der Waals surface area contributed by atoms with Gasteiger partial charge < -0.3 is 10.8 Å². The summed E-state index contributed by atoms with van der Waals surface area (Å²) in [5.74, 6) is -1.67. The van der Waals surface area contributed by atoms with Crippen LogP contribution >= 0.6 is 11.6 Å². The van der Waals surface area contributed by atoms with E-state index in [9.17, 15) is 4.79 Å². The van der Waals surface area contributed by atoms with E-state index in [2.05, 4.69) is 4.99 Å². The SMILES string of the molecule is Cc1cc(Cl)ccc1N=C(N)C(=O)O. The predicted octanol–water partition coefficient (Wildman–Crippen LogP) is 1.72. The Balaban J connectivity index is 3.09. The summed E-state index contributed by atoms with van der Waals surface area (Å²) in [5, 5.41) is 9.09. The van der Waals surface area contributed by atoms with E-state index in [0.29, 0.717) is 10.7 Å². The summed E-state index contributed by atoms with van der Waals surface area (Å²) in [6.07, 6.45) is 0. The summed E-state index contributed by atoms with van der Waals surface area (Å²) in [7, 11) is 0. The number of hydrogen-bond acceptors (Lipinski definition) is 2. The minimum Gasteiger partial charge on any atom is -0.475 e. The molecule has 1 aromatic rings. The van der Waals surface area contributed by atoms with E-state index >= 15 is 0 Å². The van der Waals surface area contributed by atoms with Crippen molar-refractivity contribution in [1.29, 1.82) is 0 Å². The van der Waals surface area contributed by atoms with Crippen LogP contribution in [0.25, 0.3) is 0 Å². The first-order valence-corrected chi connectivity index (χ1v) is 4.22. The molecule has 0 aliphatic heterocycles. The van der Waals surface area contributed by atoms with Crippen molar-refractivity contribution in [3.05, 3.63) is 28.8 Å². The maximum Gasteiger partial charge on any atom is 0.371 e. The maximum absolute atomic E-state index is 10.4. The first kappa shape index (κ1) is 10.5. The molecule has 14 heavy (non-hydrogen) atoms. The lowest BCUT2D eigenvalue weighted by Gasteiger charge is -2.00. The predicted molar refractivity (Wildman–Crippen MR) is 55.1 cm³/mol. The van der Waals surface area contributed by atoms with E-state index in [1.54, 1.807) is 25.1 Å². The van der Waals surface area contributed by atoms with Crippen molar-refractivity contribution in [2.24, 2.45) is 10.7 Å². The molecule has 0 saturated carbocycles. The van der Waals surface area contributed by atoms with E-state index in [1.807, 2.05) is 0 Å². The number of halogens is 1. The molecule has 3 N–H and O–H groups in total. The van der Waals surface area contributed by atoms with Crippen LogP contribution in [-0.2, 0) is 4.79 Å². The van der Waals surface area contributed by atoms with Gasteiger partial charge in [-0.05, 0) is 30.7 Å². The van der Waals surface area contributed by atoms with Crippen LogP contribution in [0, 0.1) is 6.92 Å². The van der Waals surface area contributed by atoms with E-state index in [-0.39, 0.29) is 0 Å². The van der Waals surface area contributed by atoms with Gasteiger partial charge in [0.25, 0.3) is 0 Å². The maximum atomic E-state index is 10.4. The molecule has 0 aromatic heterocycles. The first-order valence-electron chi connectivity index (χ1n) is 3.84. The van der Waals surface area contributed by atoms with E-state index in [4.69, 9.17) is 22.4 Å². The second-order valence-electron chi connectivity index (χ2n) is 2.73. The largest absolute Gasteiger partial charge is 0.475 e. The number of benzene rings is 1. The third kappa shape index (κ3) is 2.47. The Hall–Kier alpha value is -1.55. The minimum absolute atomic E-state index is 0.435. The van der Waals surface area contributed by atoms with Gasteiger partial charge in [0, 0.05) is 5.02 Å². The van der Waals surface area contributed by atoms with Crippen molar-refractivity contribution < 1.29 is 9.90 Å². The van der Waals surface area contributed by atoms with E-state index in [1.165, 1.54) is 0 Å². The zero-order valence-corrected chi connectivity index (χ0v) is 8.25. The standard InChI is InChI=1S/C9H9ClN2O2/c1-5-4-6(10)2-3-7(5)12-8(11)9(13)14/h2-4H,1H3,(H2,11,12)(H,13,14). The van der Waals surface area contributed by atoms with Gasteiger partial charge in [0.05, 0.1) is 5.69 Å². The molecule has 0 unspecified atom stereocenters. The smallest absolute Gasteiger partial charge is 0.371 e. The van der Waals surface area contributed by atoms with Crippen LogP contribution < -0.4 is 5.73 Å². The summed E-state index contributed by atoms with van der Waals surface area (Å²) in [6.45, 7) is 1.78. The number of carboxylic acids is 1. The number of carbonyl (C=O) groups is 1. The quantitative estimate of drug-likeness (QED) is 0.550. The van der Waals surface area contributed by atoms with Gasteiger partial charge in [0.15, 0.2) is 0 Å². The van der Waals surface area contributed by atoms with E-state index < -0.39 is 11.8 Å². The molecule has 0 spiro atoms. The van der Waals surface area contributed by atoms with Gasteiger partial charge in [-0.3, -0.25) is 0 Å². The molecule has 1 rings (SSSR count). The summed E-state index contributed by atoms with van der Waals surface area (Å²) in [4.78, 5) is 14.1. The van der Waals surface area contributed by atoms with Gasteiger partial charge in [-0.15, -0.1) is 0 Å². The third-order valence-electron chi connectivity index (χ3n) is 1.62. The monoisotopic (exact) mass is 212 g/mol. The van der Waals surface area contributed by atoms with Crippen molar-refractivity contribution >= 4 is 29.1 Å². The fraction of sp³-hybridized carbons (Fsp3) is 0.111. The molecular weight excluding hydrogens is 204 g/mol. The molecule has 0 bridgehead atoms. The van der Waals surface area contributed by atoms with Crippen molar-refractivity contribution in [3.63, 3.8) is 0 Å². The molecule has 0 aliphatic rings. The average Bonchev–Trinajstić information content (AvgIpc) is 2.09. The van der Waals surface area contributed by atoms with Crippen LogP contribution in [0.15, 0.2) is 23.2 Å². The van der Waals surface area contributed by atoms with Crippen molar-refractivity contribution in [2.45, 2.75) is 6.92 Å². The Morgan fingerprint density at radius 2 is 2.21 bits per heavy atom. The Kier molecular flexibility index (Phi) is 3.09. The first-order chi connectivity index (χ1) is 6.50. The third-order valence-corrected chi connectivity index (χ3v) is 1.85. The van der Waals surface area contributed by atoms with Gasteiger partial charge in [-0.25, -0.2) is 9.79 Å². The van der Waals surface area contributed by atoms with Gasteiger partial charge in [0.2, 0.25) is 5.84 Å². The molecule has 0 radical (unpaired) electrons. The summed E-state index contributed by atoms with van der Waals surface area (Å²) in [5.41, 5.74) is 6.46. The molecular formula is C9H9ClN2O2. The number of aliphatic imine (C=N–C) groups is 1. The Bertz CT molecular complexity index is 402. The fourth-order valence-electron chi connectivity index (χ4n) is 0.922. The van der Waals surface area contributed by atoms with Gasteiger partial charge in [0.1, 0.15) is 0 Å². The zero-order chi connectivity index (χ0) is 10.7. The highest BCUT2D eigenvalue weighted by Crippen LogP contribution is 2.21. The number of aryl methyl sites for hydroxylation is 1. The highest BCUT2D eigenvalue weighted by Gasteiger charge is 2.04. The molecule has 0 amide bonds. The molecule has 0 aliphatic carbocycles. The van der Waals surface area contributed by atoms with Crippen LogP contribution in [0.3, 0.4) is 0 Å². The highest BCUT2D eigenvalue weighted by atomic mass is 35.5. The number of amidine groups is 1. The Morgan fingerprint density at radius 3 is 2.71 bits per heavy atom. The number of rotatable bonds is 1. The number of aliphatic carboxylic acids is 1. The molecule has 1 aromatic carbocycles. The highest BCUT2D eigenvalue weighted by molar-refractivity contribution is 6.34. The average molecular weight is 213 g/mol. The van der Waals surface area contributed by atoms with Crippen LogP contribution in [0.4, 0.5) is 5.69 Å². The number of carboxylic acid groups (broad SMARTS) is 1. The van der Waals surface area contributed by atoms with Crippen molar-refractivity contribution in [2.75, 3.05) is 0 Å². The van der Waals surface area contributed by atoms with Gasteiger partial charge in [-0.2, -0.15) is 0 Å². The van der Waals surface area contributed by atoms with Crippen molar-refractivity contribution in [3.8, 4) is 0 Å². The lowest BCUT2D eigenvalue weighted by Crippen LogP contribution is -2.22. The number of hydrogen-bond donors (Lipinski definition) is 2. The molecule has 0 saturated heterocycles. The molecule has 0 heterocycles. The second kappa shape index (κ2) is 4.11. The van der Waals surface area contributed by atoms with Crippen LogP contribution in [0.5, 0.6) is 0 Å². The minimum atomic E-state index is -1.24. The normalized spacial score (nSPS) is 11.4. The number of nitrogens with two attached hydrogens (primary N) is 1. The topological polar surface area (TPSA) is 75.7 Å². The number of nitrogens with zero attached hydrogens (tertiary/aromatic N) is 1. The van der Waals surface area contributed by atoms with Crippen molar-refractivity contribution in [1.82, 2.24) is 0 Å². The molecule has 74 valence electrons. The second-order valence-corrected chi connectivity index (χ2v) is 3.17. The lowest BCUT2D eigenvalue weighted by molar-refractivity contribution is -0.129.